The molecule has 2 aliphatic rings. The molecule has 210 valence electrons. The van der Waals surface area contributed by atoms with Gasteiger partial charge >= 0.3 is 5.97 Å². The first-order valence-electron chi connectivity index (χ1n) is 13.9. The van der Waals surface area contributed by atoms with Crippen LogP contribution in [0.25, 0.3) is 22.0 Å². The molecule has 2 aromatic heterocycles. The van der Waals surface area contributed by atoms with Crippen LogP contribution >= 0.6 is 23.2 Å². The van der Waals surface area contributed by atoms with Crippen molar-refractivity contribution in [3.05, 3.63) is 69.9 Å². The number of aromatic nitrogens is 4. The zero-order valence-electron chi connectivity index (χ0n) is 22.6. The predicted octanol–water partition coefficient (Wildman–Crippen LogP) is 6.45. The van der Waals surface area contributed by atoms with Crippen molar-refractivity contribution in [3.63, 3.8) is 0 Å². The molecule has 4 aromatic rings. The van der Waals surface area contributed by atoms with Gasteiger partial charge in [0, 0.05) is 41.8 Å². The summed E-state index contributed by atoms with van der Waals surface area (Å²) in [4.78, 5) is 19.9. The Bertz CT molecular complexity index is 1550. The fourth-order valence-corrected chi connectivity index (χ4v) is 6.66. The number of carbonyl (C=O) groups excluding carboxylic acids is 1. The number of hydrogen-bond acceptors (Lipinski definition) is 5. The molecule has 0 amide bonds. The highest BCUT2D eigenvalue weighted by Crippen LogP contribution is 2.40. The summed E-state index contributed by atoms with van der Waals surface area (Å²) in [7, 11) is 0. The lowest BCUT2D eigenvalue weighted by Crippen LogP contribution is -2.40. The maximum atomic E-state index is 14.9. The summed E-state index contributed by atoms with van der Waals surface area (Å²) < 4.78 is 24.0. The van der Waals surface area contributed by atoms with E-state index >= 15 is 0 Å². The van der Waals surface area contributed by atoms with Gasteiger partial charge in [-0.25, -0.2) is 14.2 Å². The number of piperidine rings is 1. The topological polar surface area (TPSA) is 65.2 Å². The van der Waals surface area contributed by atoms with Crippen molar-refractivity contribution >= 4 is 40.1 Å². The molecule has 7 nitrogen and oxygen atoms in total. The van der Waals surface area contributed by atoms with Crippen LogP contribution in [0.5, 0.6) is 0 Å². The van der Waals surface area contributed by atoms with Gasteiger partial charge in [-0.2, -0.15) is 5.10 Å². The second-order valence-electron chi connectivity index (χ2n) is 10.5. The first kappa shape index (κ1) is 27.2. The summed E-state index contributed by atoms with van der Waals surface area (Å²) in [5.41, 5.74) is 4.74. The van der Waals surface area contributed by atoms with E-state index in [2.05, 4.69) is 21.4 Å². The SMILES string of the molecule is CCOC(=O)C(c1ncn2c1CCC2)n1cc2c(Cl)cc(-c3ccc([C@@H]4CCN(CC)C[C@H]4F)cc3)c(Cl)c2n1. The van der Waals surface area contributed by atoms with Crippen molar-refractivity contribution in [2.24, 2.45) is 0 Å². The van der Waals surface area contributed by atoms with E-state index in [1.54, 1.807) is 24.1 Å². The van der Waals surface area contributed by atoms with Crippen LogP contribution in [0.4, 0.5) is 4.39 Å². The largest absolute Gasteiger partial charge is 0.464 e. The number of benzene rings is 2. The second kappa shape index (κ2) is 11.1. The summed E-state index contributed by atoms with van der Waals surface area (Å²) >= 11 is 13.7. The van der Waals surface area contributed by atoms with Crippen molar-refractivity contribution < 1.29 is 13.9 Å². The Morgan fingerprint density at radius 1 is 1.20 bits per heavy atom. The summed E-state index contributed by atoms with van der Waals surface area (Å²) in [5.74, 6) is -0.541. The Hall–Kier alpha value is -2.94. The first-order valence-corrected chi connectivity index (χ1v) is 14.7. The van der Waals surface area contributed by atoms with E-state index in [4.69, 9.17) is 33.0 Å². The average Bonchev–Trinajstić information content (AvgIpc) is 3.69. The lowest BCUT2D eigenvalue weighted by Gasteiger charge is -2.34. The van der Waals surface area contributed by atoms with Crippen molar-refractivity contribution in [1.29, 1.82) is 0 Å². The third-order valence-electron chi connectivity index (χ3n) is 8.25. The van der Waals surface area contributed by atoms with E-state index in [0.29, 0.717) is 33.2 Å². The van der Waals surface area contributed by atoms with Crippen molar-refractivity contribution in [1.82, 2.24) is 24.2 Å². The summed E-state index contributed by atoms with van der Waals surface area (Å²) in [6.07, 6.45) is 5.27. The Labute approximate surface area is 242 Å². The van der Waals surface area contributed by atoms with Gasteiger partial charge in [0.15, 0.2) is 6.04 Å². The normalized spacial score (nSPS) is 20.1. The van der Waals surface area contributed by atoms with Gasteiger partial charge in [0.1, 0.15) is 11.7 Å². The Morgan fingerprint density at radius 3 is 2.73 bits per heavy atom. The number of ether oxygens (including phenoxy) is 1. The number of aryl methyl sites for hydroxylation is 1. The number of halogens is 3. The number of likely N-dealkylation sites (tertiary alicyclic amines) is 1. The molecule has 0 radical (unpaired) electrons. The number of rotatable bonds is 7. The molecule has 6 rings (SSSR count). The molecule has 3 atom stereocenters. The number of carbonyl (C=O) groups is 1. The van der Waals surface area contributed by atoms with Gasteiger partial charge in [-0.05, 0) is 56.5 Å². The van der Waals surface area contributed by atoms with Crippen molar-refractivity contribution in [2.75, 3.05) is 26.2 Å². The van der Waals surface area contributed by atoms with E-state index in [1.165, 1.54) is 0 Å². The zero-order chi connectivity index (χ0) is 28.0. The Kier molecular flexibility index (Phi) is 7.59. The van der Waals surface area contributed by atoms with Gasteiger partial charge in [-0.3, -0.25) is 4.68 Å². The number of fused-ring (bicyclic) bond motifs is 2. The minimum Gasteiger partial charge on any atom is -0.464 e. The van der Waals surface area contributed by atoms with Crippen molar-refractivity contribution in [2.45, 2.75) is 57.8 Å². The first-order chi connectivity index (χ1) is 19.4. The number of esters is 1. The Balaban J connectivity index is 1.35. The van der Waals surface area contributed by atoms with Gasteiger partial charge in [0.2, 0.25) is 0 Å². The second-order valence-corrected chi connectivity index (χ2v) is 11.3. The highest BCUT2D eigenvalue weighted by Gasteiger charge is 2.33. The molecule has 0 spiro atoms. The van der Waals surface area contributed by atoms with Crippen LogP contribution in [-0.4, -0.2) is 62.6 Å². The quantitative estimate of drug-likeness (QED) is 0.234. The van der Waals surface area contributed by atoms with Crippen LogP contribution in [0.2, 0.25) is 10.0 Å². The third-order valence-corrected chi connectivity index (χ3v) is 8.95. The predicted molar refractivity (Wildman–Crippen MR) is 155 cm³/mol. The van der Waals surface area contributed by atoms with E-state index in [-0.39, 0.29) is 12.5 Å². The monoisotopic (exact) mass is 583 g/mol. The van der Waals surface area contributed by atoms with Crippen LogP contribution in [0.1, 0.15) is 55.6 Å². The van der Waals surface area contributed by atoms with Crippen LogP contribution in [0.15, 0.2) is 42.9 Å². The number of alkyl halides is 1. The molecule has 10 heteroatoms. The Morgan fingerprint density at radius 2 is 2.00 bits per heavy atom. The highest BCUT2D eigenvalue weighted by atomic mass is 35.5. The fourth-order valence-electron chi connectivity index (χ4n) is 6.11. The maximum Gasteiger partial charge on any atom is 0.337 e. The fraction of sp³-hybridized carbons (Fsp3) is 0.433. The highest BCUT2D eigenvalue weighted by molar-refractivity contribution is 6.42. The van der Waals surface area contributed by atoms with Gasteiger partial charge in [-0.1, -0.05) is 54.4 Å². The van der Waals surface area contributed by atoms with Gasteiger partial charge in [0.05, 0.1) is 28.7 Å². The molecule has 4 heterocycles. The molecule has 1 unspecified atom stereocenters. The summed E-state index contributed by atoms with van der Waals surface area (Å²) in [6, 6.07) is 8.87. The summed E-state index contributed by atoms with van der Waals surface area (Å²) in [5, 5.41) is 6.30. The number of nitrogens with zero attached hydrogens (tertiary/aromatic N) is 5. The van der Waals surface area contributed by atoms with E-state index in [0.717, 1.165) is 61.3 Å². The van der Waals surface area contributed by atoms with Gasteiger partial charge in [0.25, 0.3) is 0 Å². The minimum absolute atomic E-state index is 0.113. The van der Waals surface area contributed by atoms with E-state index in [1.807, 2.05) is 30.3 Å². The zero-order valence-corrected chi connectivity index (χ0v) is 24.1. The molecule has 40 heavy (non-hydrogen) atoms. The van der Waals surface area contributed by atoms with E-state index < -0.39 is 18.2 Å². The standard InChI is InChI=1S/C30H32Cl2FN5O2/c1-3-36-13-11-20(24(33)16-36)18-7-9-19(10-8-18)21-14-23(31)22-15-38(35-27(22)26(21)32)29(30(39)40-4-2)28-25-6-5-12-37(25)17-34-28/h7-10,14-15,17,20,24,29H,3-6,11-13,16H2,1-2H3/t20-,24+,29?/m0/s1. The average molecular weight is 585 g/mol. The van der Waals surface area contributed by atoms with Crippen LogP contribution in [-0.2, 0) is 22.5 Å². The van der Waals surface area contributed by atoms with Gasteiger partial charge in [-0.15, -0.1) is 0 Å². The van der Waals surface area contributed by atoms with Crippen LogP contribution < -0.4 is 0 Å². The molecule has 0 aliphatic carbocycles. The molecular formula is C30H32Cl2FN5O2. The third kappa shape index (κ3) is 4.80. The van der Waals surface area contributed by atoms with Crippen molar-refractivity contribution in [3.8, 4) is 11.1 Å². The maximum absolute atomic E-state index is 14.9. The smallest absolute Gasteiger partial charge is 0.337 e. The molecular weight excluding hydrogens is 552 g/mol. The minimum atomic E-state index is -0.887. The lowest BCUT2D eigenvalue weighted by molar-refractivity contribution is -0.146. The molecule has 1 saturated heterocycles. The van der Waals surface area contributed by atoms with Gasteiger partial charge < -0.3 is 14.2 Å². The molecule has 0 N–H and O–H groups in total. The lowest BCUT2D eigenvalue weighted by atomic mass is 9.87. The summed E-state index contributed by atoms with van der Waals surface area (Å²) in [6.45, 7) is 7.21. The number of imidazole rings is 1. The van der Waals surface area contributed by atoms with Crippen LogP contribution in [0.3, 0.4) is 0 Å². The number of hydrogen-bond donors (Lipinski definition) is 0. The molecule has 1 fully saturated rings. The van der Waals surface area contributed by atoms with E-state index in [9.17, 15) is 9.18 Å². The molecule has 2 aromatic carbocycles. The van der Waals surface area contributed by atoms with Crippen LogP contribution in [0, 0.1) is 0 Å². The molecule has 2 aliphatic heterocycles. The molecule has 0 bridgehead atoms. The molecule has 0 saturated carbocycles.